The average Bonchev–Trinajstić information content (AvgIpc) is 2.84. The van der Waals surface area contributed by atoms with E-state index < -0.39 is 46.8 Å². The van der Waals surface area contributed by atoms with Gasteiger partial charge >= 0.3 is 18.5 Å². The summed E-state index contributed by atoms with van der Waals surface area (Å²) >= 11 is 0. The molecular weight excluding hydrogens is 549 g/mol. The van der Waals surface area contributed by atoms with E-state index in [1.54, 1.807) is 6.07 Å². The van der Waals surface area contributed by atoms with Crippen LogP contribution in [0.1, 0.15) is 55.4 Å². The van der Waals surface area contributed by atoms with Crippen LogP contribution in [0.5, 0.6) is 0 Å². The van der Waals surface area contributed by atoms with Gasteiger partial charge in [0.1, 0.15) is 5.78 Å². The molecule has 1 atom stereocenters. The molecule has 3 aromatic rings. The first kappa shape index (κ1) is 31.0. The van der Waals surface area contributed by atoms with Crippen LogP contribution in [0.4, 0.5) is 50.9 Å². The van der Waals surface area contributed by atoms with Crippen molar-refractivity contribution in [3.63, 3.8) is 0 Å². The number of carbonyl (C=O) groups is 1. The van der Waals surface area contributed by atoms with Crippen LogP contribution in [-0.4, -0.2) is 12.8 Å². The van der Waals surface area contributed by atoms with Gasteiger partial charge in [0.25, 0.3) is 0 Å². The Morgan fingerprint density at radius 1 is 0.675 bits per heavy atom. The molecule has 0 N–H and O–H groups in total. The van der Waals surface area contributed by atoms with E-state index in [2.05, 4.69) is 0 Å². The maximum absolute atomic E-state index is 13.5. The quantitative estimate of drug-likeness (QED) is 0.262. The van der Waals surface area contributed by atoms with Crippen LogP contribution in [0.25, 0.3) is 11.1 Å². The number of rotatable bonds is 7. The van der Waals surface area contributed by atoms with Gasteiger partial charge in [0.05, 0.1) is 16.7 Å². The van der Waals surface area contributed by atoms with E-state index in [9.17, 15) is 44.3 Å². The maximum Gasteiger partial charge on any atom is 0.416 e. The van der Waals surface area contributed by atoms with Gasteiger partial charge in [-0.15, -0.1) is 0 Å². The van der Waals surface area contributed by atoms with Crippen molar-refractivity contribution in [1.29, 1.82) is 0 Å². The number of hydrogen-bond donors (Lipinski definition) is 0. The van der Waals surface area contributed by atoms with Gasteiger partial charge in [0.15, 0.2) is 0 Å². The Labute approximate surface area is 225 Å². The van der Waals surface area contributed by atoms with Crippen molar-refractivity contribution >= 4 is 17.2 Å². The lowest BCUT2D eigenvalue weighted by Crippen LogP contribution is -2.17. The van der Waals surface area contributed by atoms with Crippen molar-refractivity contribution in [2.45, 2.75) is 51.6 Å². The number of Topliss-reactive ketones (excluding diaryl/α,β-unsaturated/α-hetero) is 1. The van der Waals surface area contributed by atoms with E-state index in [-0.39, 0.29) is 23.5 Å². The van der Waals surface area contributed by atoms with E-state index in [1.165, 1.54) is 38.2 Å². The lowest BCUT2D eigenvalue weighted by atomic mass is 9.85. The van der Waals surface area contributed by atoms with E-state index in [1.807, 2.05) is 13.8 Å². The summed E-state index contributed by atoms with van der Waals surface area (Å²) in [6.07, 6.45) is -14.3. The number of benzene rings is 3. The first-order valence-corrected chi connectivity index (χ1v) is 12.1. The molecule has 0 amide bonds. The minimum absolute atomic E-state index is 0.0236. The summed E-state index contributed by atoms with van der Waals surface area (Å²) in [7, 11) is 1.27. The van der Waals surface area contributed by atoms with Crippen molar-refractivity contribution in [3.05, 3.63) is 82.9 Å². The van der Waals surface area contributed by atoms with Crippen LogP contribution in [0.3, 0.4) is 0 Å². The molecule has 2 nitrogen and oxygen atoms in total. The summed E-state index contributed by atoms with van der Waals surface area (Å²) < 4.78 is 120. The summed E-state index contributed by atoms with van der Waals surface area (Å²) in [5.41, 5.74) is -3.06. The van der Waals surface area contributed by atoms with Gasteiger partial charge in [-0.1, -0.05) is 32.0 Å². The Morgan fingerprint density at radius 2 is 1.15 bits per heavy atom. The summed E-state index contributed by atoms with van der Waals surface area (Å²) in [5.74, 6) is -0.818. The van der Waals surface area contributed by atoms with Crippen molar-refractivity contribution in [2.24, 2.45) is 5.92 Å². The molecule has 11 heteroatoms. The van der Waals surface area contributed by atoms with E-state index in [4.69, 9.17) is 0 Å². The third kappa shape index (κ3) is 7.37. The van der Waals surface area contributed by atoms with Crippen LogP contribution in [0.2, 0.25) is 0 Å². The fourth-order valence-electron chi connectivity index (χ4n) is 4.34. The van der Waals surface area contributed by atoms with Crippen LogP contribution in [0.15, 0.2) is 60.7 Å². The largest absolute Gasteiger partial charge is 0.416 e. The minimum atomic E-state index is -5.05. The Balaban J connectivity index is 2.24. The van der Waals surface area contributed by atoms with Crippen LogP contribution < -0.4 is 4.90 Å². The Hall–Kier alpha value is -3.50. The fraction of sp³-hybridized carbons (Fsp3) is 0.345. The molecule has 0 saturated heterocycles. The van der Waals surface area contributed by atoms with E-state index in [0.29, 0.717) is 35.2 Å². The lowest BCUT2D eigenvalue weighted by molar-refractivity contribution is -0.143. The monoisotopic (exact) mass is 575 g/mol. The number of halogens is 9. The predicted molar refractivity (Wildman–Crippen MR) is 134 cm³/mol. The minimum Gasteiger partial charge on any atom is -0.345 e. The van der Waals surface area contributed by atoms with Gasteiger partial charge in [-0.2, -0.15) is 39.5 Å². The highest BCUT2D eigenvalue weighted by Crippen LogP contribution is 2.41. The van der Waals surface area contributed by atoms with Crippen molar-refractivity contribution in [3.8, 4) is 11.1 Å². The molecule has 1 unspecified atom stereocenters. The van der Waals surface area contributed by atoms with Gasteiger partial charge in [-0.05, 0) is 78.4 Å². The number of alkyl halides is 9. The zero-order chi connectivity index (χ0) is 30.2. The molecule has 0 aliphatic heterocycles. The summed E-state index contributed by atoms with van der Waals surface area (Å²) in [6.45, 7) is 5.12. The highest BCUT2D eigenvalue weighted by molar-refractivity contribution is 5.85. The molecule has 0 spiro atoms. The van der Waals surface area contributed by atoms with Gasteiger partial charge in [-0.25, -0.2) is 0 Å². The Kier molecular flexibility index (Phi) is 8.67. The average molecular weight is 576 g/mol. The van der Waals surface area contributed by atoms with Gasteiger partial charge < -0.3 is 4.90 Å². The number of anilines is 2. The van der Waals surface area contributed by atoms with Gasteiger partial charge in [0, 0.05) is 24.3 Å². The standard InChI is InChI=1S/C29H26F9NO/c1-16(2)9-26(17(3)40)20-10-19(18-5-7-21(8-6-18)27(30,31)32)11-24(12-20)39(4)25-14-22(28(33,34)35)13-23(15-25)29(36,37)38/h5-8,10-16,26H,9H2,1-4H3. The molecule has 0 aliphatic rings. The summed E-state index contributed by atoms with van der Waals surface area (Å²) in [4.78, 5) is 13.7. The molecule has 0 fully saturated rings. The SMILES string of the molecule is CC(=O)C(CC(C)C)c1cc(-c2ccc(C(F)(F)F)cc2)cc(N(C)c2cc(C(F)(F)F)cc(C(F)(F)F)c2)c1. The van der Waals surface area contributed by atoms with Crippen molar-refractivity contribution < 1.29 is 44.3 Å². The summed E-state index contributed by atoms with van der Waals surface area (Å²) in [5, 5.41) is 0. The molecule has 0 aliphatic carbocycles. The first-order valence-electron chi connectivity index (χ1n) is 12.1. The van der Waals surface area contributed by atoms with E-state index >= 15 is 0 Å². The first-order chi connectivity index (χ1) is 18.3. The topological polar surface area (TPSA) is 20.3 Å². The molecule has 3 rings (SSSR count). The normalized spacial score (nSPS) is 13.4. The Bertz CT molecular complexity index is 1320. The third-order valence-electron chi connectivity index (χ3n) is 6.43. The molecule has 0 radical (unpaired) electrons. The molecule has 0 bridgehead atoms. The van der Waals surface area contributed by atoms with Crippen LogP contribution >= 0.6 is 0 Å². The van der Waals surface area contributed by atoms with Gasteiger partial charge in [-0.3, -0.25) is 4.79 Å². The van der Waals surface area contributed by atoms with Crippen LogP contribution in [0, 0.1) is 5.92 Å². The highest BCUT2D eigenvalue weighted by atomic mass is 19.4. The predicted octanol–water partition coefficient (Wildman–Crippen LogP) is 9.90. The van der Waals surface area contributed by atoms with Crippen molar-refractivity contribution in [2.75, 3.05) is 11.9 Å². The molecule has 0 saturated carbocycles. The lowest BCUT2D eigenvalue weighted by Gasteiger charge is -2.26. The zero-order valence-electron chi connectivity index (χ0n) is 21.9. The number of nitrogens with zero attached hydrogens (tertiary/aromatic N) is 1. The molecule has 216 valence electrons. The second-order valence-corrected chi connectivity index (χ2v) is 10.0. The summed E-state index contributed by atoms with van der Waals surface area (Å²) in [6, 6.07) is 9.87. The Morgan fingerprint density at radius 3 is 1.57 bits per heavy atom. The molecule has 3 aromatic carbocycles. The number of hydrogen-bond acceptors (Lipinski definition) is 2. The van der Waals surface area contributed by atoms with Crippen LogP contribution in [-0.2, 0) is 23.3 Å². The smallest absolute Gasteiger partial charge is 0.345 e. The third-order valence-corrected chi connectivity index (χ3v) is 6.43. The second-order valence-electron chi connectivity index (χ2n) is 10.0. The zero-order valence-corrected chi connectivity index (χ0v) is 21.9. The molecule has 40 heavy (non-hydrogen) atoms. The van der Waals surface area contributed by atoms with Crippen molar-refractivity contribution in [1.82, 2.24) is 0 Å². The second kappa shape index (κ2) is 11.2. The van der Waals surface area contributed by atoms with E-state index in [0.717, 1.165) is 17.0 Å². The maximum atomic E-state index is 13.5. The number of carbonyl (C=O) groups excluding carboxylic acids is 1. The fourth-order valence-corrected chi connectivity index (χ4v) is 4.34. The highest BCUT2D eigenvalue weighted by Gasteiger charge is 2.37. The molecule has 0 aromatic heterocycles. The van der Waals surface area contributed by atoms with Gasteiger partial charge in [0.2, 0.25) is 0 Å². The molecular formula is C29H26F9NO. The molecule has 0 heterocycles. The number of ketones is 1.